The van der Waals surface area contributed by atoms with Crippen molar-refractivity contribution in [2.24, 2.45) is 0 Å². The topological polar surface area (TPSA) is 102 Å². The minimum absolute atomic E-state index is 0.0867. The van der Waals surface area contributed by atoms with Gasteiger partial charge in [-0.2, -0.15) is 16.7 Å². The molecule has 0 aliphatic rings. The Morgan fingerprint density at radius 2 is 2.03 bits per heavy atom. The van der Waals surface area contributed by atoms with E-state index >= 15 is 0 Å². The number of aryl methyl sites for hydroxylation is 2. The first-order valence-electron chi connectivity index (χ1n) is 9.86. The van der Waals surface area contributed by atoms with Crippen molar-refractivity contribution in [2.75, 3.05) is 18.3 Å². The first-order valence-corrected chi connectivity index (χ1v) is 12.5. The average molecular weight is 457 g/mol. The lowest BCUT2D eigenvalue weighted by atomic mass is 10.1. The van der Waals surface area contributed by atoms with Gasteiger partial charge < -0.3 is 5.32 Å². The maximum absolute atomic E-state index is 13.1. The molecule has 0 radical (unpaired) electrons. The summed E-state index contributed by atoms with van der Waals surface area (Å²) in [6.07, 6.45) is 6.87. The van der Waals surface area contributed by atoms with Crippen molar-refractivity contribution in [3.63, 3.8) is 0 Å². The standard InChI is InChI=1S/C20H24N8OS2/c1-12-14(13(2)28-19(21-12)23-20(26-28)31-4)11-17(29)22-15(8-10-30-3)18-25-24-16-7-5-6-9-27(16)18/h5-7,9,15H,8,10-11H2,1-4H3,(H,22,29). The van der Waals surface area contributed by atoms with E-state index < -0.39 is 0 Å². The monoisotopic (exact) mass is 456 g/mol. The molecule has 11 heteroatoms. The van der Waals surface area contributed by atoms with Crippen molar-refractivity contribution >= 4 is 40.9 Å². The summed E-state index contributed by atoms with van der Waals surface area (Å²) in [5, 5.41) is 16.9. The van der Waals surface area contributed by atoms with Crippen LogP contribution in [0.1, 0.15) is 35.2 Å². The predicted octanol–water partition coefficient (Wildman–Crippen LogP) is 2.66. The molecule has 1 N–H and O–H groups in total. The van der Waals surface area contributed by atoms with Crippen LogP contribution < -0.4 is 5.32 Å². The molecule has 4 aromatic heterocycles. The highest BCUT2D eigenvalue weighted by Crippen LogP contribution is 2.20. The van der Waals surface area contributed by atoms with E-state index in [-0.39, 0.29) is 18.4 Å². The molecule has 9 nitrogen and oxygen atoms in total. The number of amides is 1. The van der Waals surface area contributed by atoms with E-state index in [9.17, 15) is 4.79 Å². The van der Waals surface area contributed by atoms with Gasteiger partial charge >= 0.3 is 0 Å². The lowest BCUT2D eigenvalue weighted by molar-refractivity contribution is -0.121. The minimum atomic E-state index is -0.232. The van der Waals surface area contributed by atoms with Crippen molar-refractivity contribution in [2.45, 2.75) is 37.9 Å². The van der Waals surface area contributed by atoms with Gasteiger partial charge in [0.1, 0.15) is 0 Å². The van der Waals surface area contributed by atoms with E-state index in [1.807, 2.05) is 48.9 Å². The number of hydrogen-bond donors (Lipinski definition) is 1. The molecule has 31 heavy (non-hydrogen) atoms. The van der Waals surface area contributed by atoms with Crippen molar-refractivity contribution in [3.05, 3.63) is 47.2 Å². The summed E-state index contributed by atoms with van der Waals surface area (Å²) in [7, 11) is 0. The van der Waals surface area contributed by atoms with E-state index in [1.54, 1.807) is 16.3 Å². The minimum Gasteiger partial charge on any atom is -0.346 e. The van der Waals surface area contributed by atoms with Crippen molar-refractivity contribution in [3.8, 4) is 0 Å². The number of thioether (sulfide) groups is 2. The zero-order chi connectivity index (χ0) is 22.0. The fourth-order valence-electron chi connectivity index (χ4n) is 3.54. The van der Waals surface area contributed by atoms with Gasteiger partial charge in [-0.3, -0.25) is 9.20 Å². The Balaban J connectivity index is 1.59. The molecule has 0 aliphatic heterocycles. The second-order valence-corrected chi connectivity index (χ2v) is 8.90. The molecule has 0 saturated carbocycles. The summed E-state index contributed by atoms with van der Waals surface area (Å²) in [4.78, 5) is 22.0. The summed E-state index contributed by atoms with van der Waals surface area (Å²) in [6.45, 7) is 3.85. The third kappa shape index (κ3) is 4.38. The first kappa shape index (κ1) is 21.6. The first-order chi connectivity index (χ1) is 15.0. The fourth-order valence-corrected chi connectivity index (χ4v) is 4.34. The van der Waals surface area contributed by atoms with Gasteiger partial charge in [0.05, 0.1) is 12.5 Å². The van der Waals surface area contributed by atoms with Crippen LogP contribution in [-0.4, -0.2) is 58.4 Å². The lowest BCUT2D eigenvalue weighted by Crippen LogP contribution is -2.32. The van der Waals surface area contributed by atoms with Crippen LogP contribution >= 0.6 is 23.5 Å². The number of carbonyl (C=O) groups excluding carboxylic acids is 1. The number of aromatic nitrogens is 7. The van der Waals surface area contributed by atoms with Crippen LogP contribution in [0.15, 0.2) is 29.6 Å². The van der Waals surface area contributed by atoms with E-state index in [0.29, 0.717) is 10.9 Å². The van der Waals surface area contributed by atoms with Gasteiger partial charge in [0.25, 0.3) is 5.78 Å². The maximum Gasteiger partial charge on any atom is 0.253 e. The van der Waals surface area contributed by atoms with Crippen molar-refractivity contribution < 1.29 is 4.79 Å². The lowest BCUT2D eigenvalue weighted by Gasteiger charge is -2.18. The third-order valence-electron chi connectivity index (χ3n) is 5.15. The van der Waals surface area contributed by atoms with Gasteiger partial charge in [-0.25, -0.2) is 9.50 Å². The van der Waals surface area contributed by atoms with Crippen LogP contribution in [0.2, 0.25) is 0 Å². The molecule has 1 unspecified atom stereocenters. The van der Waals surface area contributed by atoms with Gasteiger partial charge in [0.2, 0.25) is 11.1 Å². The second kappa shape index (κ2) is 9.23. The molecule has 0 fully saturated rings. The number of nitrogens with one attached hydrogen (secondary N) is 1. The van der Waals surface area contributed by atoms with Crippen molar-refractivity contribution in [1.82, 2.24) is 39.5 Å². The predicted molar refractivity (Wildman–Crippen MR) is 123 cm³/mol. The van der Waals surface area contributed by atoms with Gasteiger partial charge in [0.15, 0.2) is 11.5 Å². The number of nitrogens with zero attached hydrogens (tertiary/aromatic N) is 7. The van der Waals surface area contributed by atoms with Gasteiger partial charge in [-0.05, 0) is 50.7 Å². The summed E-state index contributed by atoms with van der Waals surface area (Å²) in [5.74, 6) is 2.10. The Labute approximate surface area is 188 Å². The van der Waals surface area contributed by atoms with Gasteiger partial charge in [-0.1, -0.05) is 17.8 Å². The Kier molecular flexibility index (Phi) is 6.42. The molecule has 1 amide bonds. The Bertz CT molecular complexity index is 1230. The number of fused-ring (bicyclic) bond motifs is 2. The maximum atomic E-state index is 13.1. The molecule has 162 valence electrons. The molecule has 0 aromatic carbocycles. The highest BCUT2D eigenvalue weighted by atomic mass is 32.2. The fraction of sp³-hybridized carbons (Fsp3) is 0.400. The van der Waals surface area contributed by atoms with Gasteiger partial charge in [-0.15, -0.1) is 15.3 Å². The largest absolute Gasteiger partial charge is 0.346 e. The molecular weight excluding hydrogens is 432 g/mol. The van der Waals surface area contributed by atoms with E-state index in [1.165, 1.54) is 11.8 Å². The molecule has 0 aliphatic carbocycles. The summed E-state index contributed by atoms with van der Waals surface area (Å²) in [6, 6.07) is 5.52. The number of carbonyl (C=O) groups is 1. The van der Waals surface area contributed by atoms with Crippen LogP contribution in [-0.2, 0) is 11.2 Å². The molecule has 4 aromatic rings. The quantitative estimate of drug-likeness (QED) is 0.404. The number of pyridine rings is 1. The molecule has 0 saturated heterocycles. The molecule has 4 rings (SSSR count). The molecule has 1 atom stereocenters. The van der Waals surface area contributed by atoms with Crippen LogP contribution in [0.4, 0.5) is 0 Å². The number of hydrogen-bond acceptors (Lipinski definition) is 8. The molecule has 0 spiro atoms. The zero-order valence-corrected chi connectivity index (χ0v) is 19.5. The van der Waals surface area contributed by atoms with Crippen LogP contribution in [0.25, 0.3) is 11.4 Å². The van der Waals surface area contributed by atoms with Crippen LogP contribution in [0.3, 0.4) is 0 Å². The van der Waals surface area contributed by atoms with E-state index in [2.05, 4.69) is 36.8 Å². The molecule has 0 bridgehead atoms. The SMILES string of the molecule is CSCCC(NC(=O)Cc1c(C)nc2nc(SC)nn2c1C)c1nnc2ccccn12. The normalized spacial score (nSPS) is 12.5. The van der Waals surface area contributed by atoms with Crippen LogP contribution in [0, 0.1) is 13.8 Å². The smallest absolute Gasteiger partial charge is 0.253 e. The van der Waals surface area contributed by atoms with Crippen LogP contribution in [0.5, 0.6) is 0 Å². The highest BCUT2D eigenvalue weighted by Gasteiger charge is 2.22. The van der Waals surface area contributed by atoms with E-state index in [0.717, 1.165) is 40.6 Å². The Morgan fingerprint density at radius 1 is 1.19 bits per heavy atom. The Morgan fingerprint density at radius 3 is 2.81 bits per heavy atom. The third-order valence-corrected chi connectivity index (χ3v) is 6.33. The molecular formula is C20H24N8OS2. The van der Waals surface area contributed by atoms with Gasteiger partial charge in [0, 0.05) is 23.1 Å². The zero-order valence-electron chi connectivity index (χ0n) is 17.9. The summed E-state index contributed by atoms with van der Waals surface area (Å²) in [5.41, 5.74) is 3.28. The Hall–Kier alpha value is -2.66. The van der Waals surface area contributed by atoms with E-state index in [4.69, 9.17) is 0 Å². The molecule has 4 heterocycles. The van der Waals surface area contributed by atoms with Crippen molar-refractivity contribution in [1.29, 1.82) is 0 Å². The summed E-state index contributed by atoms with van der Waals surface area (Å²) < 4.78 is 3.63. The summed E-state index contributed by atoms with van der Waals surface area (Å²) >= 11 is 3.20. The average Bonchev–Trinajstić information content (AvgIpc) is 3.38. The second-order valence-electron chi connectivity index (χ2n) is 7.14. The number of rotatable bonds is 8. The highest BCUT2D eigenvalue weighted by molar-refractivity contribution is 7.98.